The maximum absolute atomic E-state index is 11.8. The third-order valence-electron chi connectivity index (χ3n) is 2.49. The fourth-order valence-electron chi connectivity index (χ4n) is 1.52. The summed E-state index contributed by atoms with van der Waals surface area (Å²) in [5.74, 6) is 0.416. The van der Waals surface area contributed by atoms with Gasteiger partial charge in [-0.3, -0.25) is 9.00 Å². The summed E-state index contributed by atoms with van der Waals surface area (Å²) in [7, 11) is -1.28. The summed E-state index contributed by atoms with van der Waals surface area (Å²) in [6, 6.07) is 10.6. The first kappa shape index (κ1) is 16.0. The van der Waals surface area contributed by atoms with Crippen LogP contribution in [0.15, 0.2) is 46.0 Å². The molecule has 0 bridgehead atoms. The van der Waals surface area contributed by atoms with E-state index in [1.54, 1.807) is 30.3 Å². The molecular formula is C14H14ClNO3S2. The van der Waals surface area contributed by atoms with Gasteiger partial charge in [0.05, 0.1) is 21.6 Å². The molecule has 0 fully saturated rings. The molecule has 0 unspecified atom stereocenters. The van der Waals surface area contributed by atoms with Crippen molar-refractivity contribution in [2.75, 3.05) is 18.9 Å². The average Bonchev–Trinajstić information content (AvgIpc) is 3.00. The first-order valence-electron chi connectivity index (χ1n) is 6.22. The maximum Gasteiger partial charge on any atom is 0.233 e. The summed E-state index contributed by atoms with van der Waals surface area (Å²) >= 11 is 7.15. The third-order valence-corrected chi connectivity index (χ3v) is 5.36. The van der Waals surface area contributed by atoms with Crippen LogP contribution >= 0.6 is 22.9 Å². The molecule has 1 aromatic heterocycles. The number of halogens is 1. The molecule has 7 heteroatoms. The highest BCUT2D eigenvalue weighted by Gasteiger charge is 2.10. The summed E-state index contributed by atoms with van der Waals surface area (Å²) in [5, 5.41) is 5.16. The second kappa shape index (κ2) is 8.17. The lowest BCUT2D eigenvalue weighted by atomic mass is 10.3. The van der Waals surface area contributed by atoms with Crippen molar-refractivity contribution in [1.29, 1.82) is 0 Å². The molecule has 1 N–H and O–H groups in total. The molecule has 4 nitrogen and oxygen atoms in total. The minimum absolute atomic E-state index is 0.0263. The van der Waals surface area contributed by atoms with Crippen LogP contribution in [-0.2, 0) is 15.6 Å². The minimum Gasteiger partial charge on any atom is -0.492 e. The highest BCUT2D eigenvalue weighted by Crippen LogP contribution is 2.15. The van der Waals surface area contributed by atoms with Gasteiger partial charge < -0.3 is 10.1 Å². The Balaban J connectivity index is 1.65. The summed E-state index contributed by atoms with van der Waals surface area (Å²) in [5.41, 5.74) is 0. The van der Waals surface area contributed by atoms with Crippen LogP contribution in [0.3, 0.4) is 0 Å². The molecule has 0 saturated carbocycles. The third kappa shape index (κ3) is 5.49. The van der Waals surface area contributed by atoms with Crippen molar-refractivity contribution in [2.24, 2.45) is 0 Å². The molecule has 0 aliphatic carbocycles. The SMILES string of the molecule is O=C(C[S@@](=O)c1cccs1)NCCOc1ccc(Cl)cc1. The Morgan fingerprint density at radius 1 is 1.29 bits per heavy atom. The predicted octanol–water partition coefficient (Wildman–Crippen LogP) is 2.70. The topological polar surface area (TPSA) is 55.4 Å². The maximum atomic E-state index is 11.8. The molecule has 1 amide bonds. The zero-order valence-corrected chi connectivity index (χ0v) is 13.5. The Bertz CT molecular complexity index is 599. The van der Waals surface area contributed by atoms with Gasteiger partial charge in [-0.05, 0) is 35.7 Å². The van der Waals surface area contributed by atoms with Crippen molar-refractivity contribution < 1.29 is 13.7 Å². The van der Waals surface area contributed by atoms with E-state index in [2.05, 4.69) is 5.32 Å². The van der Waals surface area contributed by atoms with E-state index < -0.39 is 10.8 Å². The summed E-state index contributed by atoms with van der Waals surface area (Å²) in [6.45, 7) is 0.710. The minimum atomic E-state index is -1.28. The van der Waals surface area contributed by atoms with E-state index in [1.165, 1.54) is 11.3 Å². The number of ether oxygens (including phenoxy) is 1. The molecule has 0 aliphatic heterocycles. The van der Waals surface area contributed by atoms with Crippen LogP contribution in [0.2, 0.25) is 5.02 Å². The monoisotopic (exact) mass is 343 g/mol. The summed E-state index contributed by atoms with van der Waals surface area (Å²) in [6.07, 6.45) is 0. The van der Waals surface area contributed by atoms with Crippen LogP contribution in [0, 0.1) is 0 Å². The van der Waals surface area contributed by atoms with Gasteiger partial charge in [0.1, 0.15) is 18.1 Å². The highest BCUT2D eigenvalue weighted by molar-refractivity contribution is 7.88. The second-order valence-electron chi connectivity index (χ2n) is 4.07. The summed E-state index contributed by atoms with van der Waals surface area (Å²) in [4.78, 5) is 11.6. The molecule has 0 radical (unpaired) electrons. The number of amides is 1. The Hall–Kier alpha value is -1.37. The smallest absolute Gasteiger partial charge is 0.233 e. The molecule has 2 aromatic rings. The van der Waals surface area contributed by atoms with Gasteiger partial charge in [0.25, 0.3) is 0 Å². The van der Waals surface area contributed by atoms with E-state index in [9.17, 15) is 9.00 Å². The first-order valence-corrected chi connectivity index (χ1v) is 8.80. The number of nitrogens with one attached hydrogen (secondary N) is 1. The Morgan fingerprint density at radius 2 is 2.05 bits per heavy atom. The molecule has 0 aliphatic rings. The molecule has 1 atom stereocenters. The predicted molar refractivity (Wildman–Crippen MR) is 85.6 cm³/mol. The lowest BCUT2D eigenvalue weighted by molar-refractivity contribution is -0.118. The van der Waals surface area contributed by atoms with Crippen molar-refractivity contribution in [1.82, 2.24) is 5.32 Å². The molecular weight excluding hydrogens is 330 g/mol. The number of thiophene rings is 1. The number of rotatable bonds is 7. The van der Waals surface area contributed by atoms with E-state index in [-0.39, 0.29) is 11.7 Å². The van der Waals surface area contributed by atoms with Crippen molar-refractivity contribution in [3.63, 3.8) is 0 Å². The van der Waals surface area contributed by atoms with Gasteiger partial charge in [0.15, 0.2) is 0 Å². The van der Waals surface area contributed by atoms with Crippen molar-refractivity contribution in [3.05, 3.63) is 46.8 Å². The zero-order chi connectivity index (χ0) is 15.1. The van der Waals surface area contributed by atoms with Crippen LogP contribution in [0.25, 0.3) is 0 Å². The van der Waals surface area contributed by atoms with Crippen LogP contribution in [0.1, 0.15) is 0 Å². The number of hydrogen-bond acceptors (Lipinski definition) is 4. The van der Waals surface area contributed by atoms with Crippen LogP contribution < -0.4 is 10.1 Å². The number of carbonyl (C=O) groups excluding carboxylic acids is 1. The number of benzene rings is 1. The van der Waals surface area contributed by atoms with Crippen LogP contribution in [-0.4, -0.2) is 29.0 Å². The van der Waals surface area contributed by atoms with Gasteiger partial charge in [-0.25, -0.2) is 0 Å². The van der Waals surface area contributed by atoms with Gasteiger partial charge in [-0.15, -0.1) is 11.3 Å². The Morgan fingerprint density at radius 3 is 2.71 bits per heavy atom. The van der Waals surface area contributed by atoms with Crippen molar-refractivity contribution in [2.45, 2.75) is 4.21 Å². The van der Waals surface area contributed by atoms with E-state index in [4.69, 9.17) is 16.3 Å². The fraction of sp³-hybridized carbons (Fsp3) is 0.214. The first-order chi connectivity index (χ1) is 10.1. The second-order valence-corrected chi connectivity index (χ2v) is 7.14. The van der Waals surface area contributed by atoms with Crippen LogP contribution in [0.4, 0.5) is 0 Å². The average molecular weight is 344 g/mol. The van der Waals surface area contributed by atoms with Crippen LogP contribution in [0.5, 0.6) is 5.75 Å². The zero-order valence-electron chi connectivity index (χ0n) is 11.1. The van der Waals surface area contributed by atoms with Gasteiger partial charge in [0.2, 0.25) is 5.91 Å². The quantitative estimate of drug-likeness (QED) is 0.786. The van der Waals surface area contributed by atoms with E-state index in [0.717, 1.165) is 0 Å². The van der Waals surface area contributed by atoms with E-state index in [1.807, 2.05) is 11.4 Å². The lowest BCUT2D eigenvalue weighted by Crippen LogP contribution is -2.31. The van der Waals surface area contributed by atoms with Gasteiger partial charge in [-0.1, -0.05) is 17.7 Å². The summed E-state index contributed by atoms with van der Waals surface area (Å²) < 4.78 is 18.0. The molecule has 0 saturated heterocycles. The molecule has 2 rings (SSSR count). The molecule has 0 spiro atoms. The fourth-order valence-corrected chi connectivity index (χ4v) is 3.58. The molecule has 1 heterocycles. The van der Waals surface area contributed by atoms with E-state index in [0.29, 0.717) is 28.1 Å². The standard InChI is InChI=1S/C14H14ClNO3S2/c15-11-3-5-12(6-4-11)19-8-7-16-13(17)10-21(18)14-2-1-9-20-14/h1-6,9H,7-8,10H2,(H,16,17)/t21-/m1/s1. The Kier molecular flexibility index (Phi) is 6.22. The van der Waals surface area contributed by atoms with Gasteiger partial charge >= 0.3 is 0 Å². The van der Waals surface area contributed by atoms with Crippen molar-refractivity contribution >= 4 is 39.6 Å². The Labute approximate surface area is 134 Å². The number of carbonyl (C=O) groups is 1. The normalized spacial score (nSPS) is 11.9. The largest absolute Gasteiger partial charge is 0.492 e. The number of hydrogen-bond donors (Lipinski definition) is 1. The molecule has 21 heavy (non-hydrogen) atoms. The highest BCUT2D eigenvalue weighted by atomic mass is 35.5. The van der Waals surface area contributed by atoms with Gasteiger partial charge in [0, 0.05) is 5.02 Å². The molecule has 112 valence electrons. The van der Waals surface area contributed by atoms with E-state index >= 15 is 0 Å². The lowest BCUT2D eigenvalue weighted by Gasteiger charge is -2.07. The van der Waals surface area contributed by atoms with Gasteiger partial charge in [-0.2, -0.15) is 0 Å². The molecule has 1 aromatic carbocycles. The van der Waals surface area contributed by atoms with Crippen molar-refractivity contribution in [3.8, 4) is 5.75 Å².